The molecule has 0 aromatic heterocycles. The quantitative estimate of drug-likeness (QED) is 0.476. The van der Waals surface area contributed by atoms with Gasteiger partial charge in [-0.25, -0.2) is 4.79 Å². The lowest BCUT2D eigenvalue weighted by Gasteiger charge is -2.30. The highest BCUT2D eigenvalue weighted by atomic mass is 16.5. The van der Waals surface area contributed by atoms with Crippen molar-refractivity contribution in [3.05, 3.63) is 59.7 Å². The van der Waals surface area contributed by atoms with E-state index in [0.29, 0.717) is 12.8 Å². The molecule has 0 saturated heterocycles. The fourth-order valence-corrected chi connectivity index (χ4v) is 4.60. The predicted octanol–water partition coefficient (Wildman–Crippen LogP) is 4.56. The summed E-state index contributed by atoms with van der Waals surface area (Å²) in [6.07, 6.45) is 0.370. The van der Waals surface area contributed by atoms with Gasteiger partial charge in [-0.3, -0.25) is 9.59 Å². The van der Waals surface area contributed by atoms with E-state index >= 15 is 0 Å². The molecule has 0 saturated carbocycles. The van der Waals surface area contributed by atoms with Crippen LogP contribution in [0.4, 0.5) is 4.79 Å². The van der Waals surface area contributed by atoms with Crippen molar-refractivity contribution >= 4 is 18.0 Å². The molecular weight excluding hydrogens is 432 g/mol. The maximum absolute atomic E-state index is 13.0. The molecular formula is C27H34N2O5. The van der Waals surface area contributed by atoms with Gasteiger partial charge in [0.1, 0.15) is 12.1 Å². The SMILES string of the molecule is CCCC(C)(NC(=O)OCC1c2ccccc2-c2ccccc21)C(=O)NCC(C(=O)O)C(C)C. The maximum atomic E-state index is 13.0. The number of carbonyl (C=O) groups excluding carboxylic acids is 2. The molecule has 3 rings (SSSR count). The van der Waals surface area contributed by atoms with E-state index in [0.717, 1.165) is 22.3 Å². The van der Waals surface area contributed by atoms with Crippen LogP contribution in [0.25, 0.3) is 11.1 Å². The van der Waals surface area contributed by atoms with E-state index < -0.39 is 29.4 Å². The van der Waals surface area contributed by atoms with Crippen molar-refractivity contribution in [1.29, 1.82) is 0 Å². The summed E-state index contributed by atoms with van der Waals surface area (Å²) < 4.78 is 5.61. The van der Waals surface area contributed by atoms with Gasteiger partial charge in [0, 0.05) is 12.5 Å². The minimum Gasteiger partial charge on any atom is -0.481 e. The van der Waals surface area contributed by atoms with E-state index in [-0.39, 0.29) is 25.0 Å². The lowest BCUT2D eigenvalue weighted by Crippen LogP contribution is -2.57. The van der Waals surface area contributed by atoms with E-state index in [1.165, 1.54) is 0 Å². The van der Waals surface area contributed by atoms with Crippen LogP contribution < -0.4 is 10.6 Å². The highest BCUT2D eigenvalue weighted by Crippen LogP contribution is 2.44. The summed E-state index contributed by atoms with van der Waals surface area (Å²) >= 11 is 0. The minimum atomic E-state index is -1.21. The number of amides is 2. The number of carboxylic acids is 1. The summed E-state index contributed by atoms with van der Waals surface area (Å²) in [5.74, 6) is -2.30. The van der Waals surface area contributed by atoms with Crippen molar-refractivity contribution in [3.63, 3.8) is 0 Å². The molecule has 0 fully saturated rings. The maximum Gasteiger partial charge on any atom is 0.408 e. The van der Waals surface area contributed by atoms with Gasteiger partial charge in [-0.05, 0) is 41.5 Å². The van der Waals surface area contributed by atoms with Crippen molar-refractivity contribution < 1.29 is 24.2 Å². The van der Waals surface area contributed by atoms with Crippen LogP contribution in [0.5, 0.6) is 0 Å². The molecule has 0 heterocycles. The Balaban J connectivity index is 1.66. The van der Waals surface area contributed by atoms with Crippen molar-refractivity contribution in [2.45, 2.75) is 52.0 Å². The summed E-state index contributed by atoms with van der Waals surface area (Å²) in [6, 6.07) is 16.2. The topological polar surface area (TPSA) is 105 Å². The largest absolute Gasteiger partial charge is 0.481 e. The number of fused-ring (bicyclic) bond motifs is 3. The van der Waals surface area contributed by atoms with Crippen LogP contribution in [-0.4, -0.2) is 41.8 Å². The third-order valence-corrected chi connectivity index (χ3v) is 6.58. The first-order valence-corrected chi connectivity index (χ1v) is 11.8. The Morgan fingerprint density at radius 2 is 1.59 bits per heavy atom. The number of alkyl carbamates (subject to hydrolysis) is 1. The lowest BCUT2D eigenvalue weighted by atomic mass is 9.93. The van der Waals surface area contributed by atoms with Crippen LogP contribution in [0.3, 0.4) is 0 Å². The highest BCUT2D eigenvalue weighted by molar-refractivity contribution is 5.90. The summed E-state index contributed by atoms with van der Waals surface area (Å²) in [6.45, 7) is 7.30. The molecule has 2 amide bonds. The zero-order valence-electron chi connectivity index (χ0n) is 20.3. The standard InChI is InChI=1S/C27H34N2O5/c1-5-14-27(4,25(32)28-15-22(17(2)3)24(30)31)29-26(33)34-16-23-20-12-8-6-10-18(20)19-11-7-9-13-21(19)23/h6-13,17,22-23H,5,14-16H2,1-4H3,(H,28,32)(H,29,33)(H,30,31). The molecule has 182 valence electrons. The van der Waals surface area contributed by atoms with Gasteiger partial charge >= 0.3 is 12.1 Å². The number of rotatable bonds is 10. The molecule has 0 spiro atoms. The first-order valence-electron chi connectivity index (χ1n) is 11.8. The number of hydrogen-bond donors (Lipinski definition) is 3. The fourth-order valence-electron chi connectivity index (χ4n) is 4.60. The van der Waals surface area contributed by atoms with E-state index in [1.807, 2.05) is 43.3 Å². The molecule has 2 aromatic rings. The van der Waals surface area contributed by atoms with Gasteiger partial charge in [-0.15, -0.1) is 0 Å². The second-order valence-corrected chi connectivity index (χ2v) is 9.43. The Labute approximate surface area is 200 Å². The third kappa shape index (κ3) is 5.41. The number of carboxylic acid groups (broad SMARTS) is 1. The Morgan fingerprint density at radius 3 is 2.09 bits per heavy atom. The summed E-state index contributed by atoms with van der Waals surface area (Å²) in [5, 5.41) is 14.8. The first kappa shape index (κ1) is 25.3. The average Bonchev–Trinajstić information content (AvgIpc) is 3.11. The van der Waals surface area contributed by atoms with Crippen LogP contribution in [0.1, 0.15) is 57.6 Å². The van der Waals surface area contributed by atoms with Gasteiger partial charge in [-0.1, -0.05) is 75.7 Å². The number of benzene rings is 2. The zero-order valence-corrected chi connectivity index (χ0v) is 20.3. The van der Waals surface area contributed by atoms with Crippen molar-refractivity contribution in [1.82, 2.24) is 10.6 Å². The van der Waals surface area contributed by atoms with E-state index in [9.17, 15) is 19.5 Å². The average molecular weight is 467 g/mol. The number of nitrogens with one attached hydrogen (secondary N) is 2. The number of hydrogen-bond acceptors (Lipinski definition) is 4. The second kappa shape index (κ2) is 10.7. The third-order valence-electron chi connectivity index (χ3n) is 6.58. The zero-order chi connectivity index (χ0) is 24.9. The lowest BCUT2D eigenvalue weighted by molar-refractivity contribution is -0.143. The smallest absolute Gasteiger partial charge is 0.408 e. The molecule has 2 aromatic carbocycles. The van der Waals surface area contributed by atoms with Gasteiger partial charge < -0.3 is 20.5 Å². The molecule has 7 nitrogen and oxygen atoms in total. The molecule has 3 N–H and O–H groups in total. The molecule has 34 heavy (non-hydrogen) atoms. The van der Waals surface area contributed by atoms with E-state index in [2.05, 4.69) is 22.8 Å². The molecule has 0 aliphatic heterocycles. The molecule has 1 aliphatic carbocycles. The summed E-state index contributed by atoms with van der Waals surface area (Å²) in [5.41, 5.74) is 3.29. The Hall–Kier alpha value is -3.35. The molecule has 2 atom stereocenters. The monoisotopic (exact) mass is 466 g/mol. The Bertz CT molecular complexity index is 1010. The fraction of sp³-hybridized carbons (Fsp3) is 0.444. The van der Waals surface area contributed by atoms with Gasteiger partial charge in [0.15, 0.2) is 0 Å². The van der Waals surface area contributed by atoms with Crippen molar-refractivity contribution in [2.75, 3.05) is 13.2 Å². The van der Waals surface area contributed by atoms with Crippen molar-refractivity contribution in [3.8, 4) is 11.1 Å². The van der Waals surface area contributed by atoms with Crippen LogP contribution in [0.15, 0.2) is 48.5 Å². The molecule has 0 bridgehead atoms. The van der Waals surface area contributed by atoms with Crippen LogP contribution in [0, 0.1) is 11.8 Å². The molecule has 7 heteroatoms. The predicted molar refractivity (Wildman–Crippen MR) is 130 cm³/mol. The summed E-state index contributed by atoms with van der Waals surface area (Å²) in [4.78, 5) is 37.2. The normalized spacial score (nSPS) is 15.1. The van der Waals surface area contributed by atoms with Gasteiger partial charge in [0.25, 0.3) is 0 Å². The Morgan fingerprint density at radius 1 is 1.03 bits per heavy atom. The van der Waals surface area contributed by atoms with Crippen molar-refractivity contribution in [2.24, 2.45) is 11.8 Å². The second-order valence-electron chi connectivity index (χ2n) is 9.43. The van der Waals surface area contributed by atoms with Gasteiger partial charge in [0.2, 0.25) is 5.91 Å². The molecule has 1 aliphatic rings. The molecule has 0 radical (unpaired) electrons. The van der Waals surface area contributed by atoms with E-state index in [4.69, 9.17) is 4.74 Å². The summed E-state index contributed by atoms with van der Waals surface area (Å²) in [7, 11) is 0. The first-order chi connectivity index (χ1) is 16.2. The van der Waals surface area contributed by atoms with Gasteiger partial charge in [-0.2, -0.15) is 0 Å². The minimum absolute atomic E-state index is 0.00247. The van der Waals surface area contributed by atoms with E-state index in [1.54, 1.807) is 20.8 Å². The number of aliphatic carboxylic acids is 1. The van der Waals surface area contributed by atoms with Crippen LogP contribution in [0.2, 0.25) is 0 Å². The molecule has 2 unspecified atom stereocenters. The van der Waals surface area contributed by atoms with Crippen LogP contribution in [-0.2, 0) is 14.3 Å². The Kier molecular flexibility index (Phi) is 7.97. The number of ether oxygens (including phenoxy) is 1. The highest BCUT2D eigenvalue weighted by Gasteiger charge is 2.36. The van der Waals surface area contributed by atoms with Gasteiger partial charge in [0.05, 0.1) is 5.92 Å². The van der Waals surface area contributed by atoms with Crippen LogP contribution >= 0.6 is 0 Å². The number of carbonyl (C=O) groups is 3.